The summed E-state index contributed by atoms with van der Waals surface area (Å²) in [5.74, 6) is -2.68. The molecule has 0 aliphatic carbocycles. The van der Waals surface area contributed by atoms with Crippen LogP contribution in [0.4, 0.5) is 14.5 Å². The van der Waals surface area contributed by atoms with Gasteiger partial charge >= 0.3 is 0 Å². The molecule has 0 aliphatic heterocycles. The normalized spacial score (nSPS) is 12.1. The minimum atomic E-state index is -2.47. The molecule has 0 saturated carbocycles. The van der Waals surface area contributed by atoms with Crippen LogP contribution in [0.2, 0.25) is 0 Å². The van der Waals surface area contributed by atoms with Crippen LogP contribution in [-0.4, -0.2) is 55.7 Å². The van der Waals surface area contributed by atoms with E-state index < -0.39 is 5.76 Å². The highest BCUT2D eigenvalue weighted by Crippen LogP contribution is 2.26. The van der Waals surface area contributed by atoms with Crippen molar-refractivity contribution in [2.45, 2.75) is 24.5 Å². The Labute approximate surface area is 145 Å². The quantitative estimate of drug-likeness (QED) is 0.653. The van der Waals surface area contributed by atoms with Crippen molar-refractivity contribution in [2.24, 2.45) is 0 Å². The minimum absolute atomic E-state index is 0.0127. The highest BCUT2D eigenvalue weighted by molar-refractivity contribution is 7.99. The van der Waals surface area contributed by atoms with E-state index in [0.29, 0.717) is 35.4 Å². The van der Waals surface area contributed by atoms with E-state index in [2.05, 4.69) is 5.32 Å². The summed E-state index contributed by atoms with van der Waals surface area (Å²) in [5, 5.41) is 2.70. The fraction of sp³-hybridized carbons (Fsp3) is 0.500. The number of anilines is 1. The van der Waals surface area contributed by atoms with Gasteiger partial charge < -0.3 is 15.1 Å². The van der Waals surface area contributed by atoms with Crippen LogP contribution < -0.4 is 10.2 Å². The third-order valence-electron chi connectivity index (χ3n) is 3.39. The van der Waals surface area contributed by atoms with Gasteiger partial charge in [0.25, 0.3) is 17.6 Å². The molecule has 2 amide bonds. The summed E-state index contributed by atoms with van der Waals surface area (Å²) in [6, 6.07) is 6.23. The predicted molar refractivity (Wildman–Crippen MR) is 91.5 cm³/mol. The summed E-state index contributed by atoms with van der Waals surface area (Å²) in [4.78, 5) is 26.9. The maximum atomic E-state index is 12.2. The molecule has 1 rings (SSSR count). The number of hydrogen-bond acceptors (Lipinski definition) is 3. The summed E-state index contributed by atoms with van der Waals surface area (Å²) >= 11 is 0.458. The first-order valence-electron chi connectivity index (χ1n) is 7.79. The predicted octanol–water partition coefficient (Wildman–Crippen LogP) is 1.32. The number of quaternary nitrogens is 1. The molecule has 8 heteroatoms. The third kappa shape index (κ3) is 7.27. The zero-order valence-electron chi connectivity index (χ0n) is 14.1. The SMILES string of the molecule is CCN(CC)C(=O)C[NH+](C)CC(=O)Nc1ccc(SC(F)F)cc1. The summed E-state index contributed by atoms with van der Waals surface area (Å²) in [6.07, 6.45) is 0. The van der Waals surface area contributed by atoms with Crippen molar-refractivity contribution in [3.8, 4) is 0 Å². The average Bonchev–Trinajstić information content (AvgIpc) is 2.49. The van der Waals surface area contributed by atoms with Gasteiger partial charge in [0.1, 0.15) is 0 Å². The standard InChI is InChI=1S/C16H23F2N3O2S/c1-4-21(5-2)15(23)11-20(3)10-14(22)19-12-6-8-13(9-7-12)24-16(17)18/h6-9,16H,4-5,10-11H2,1-3H3,(H,19,22)/p+1. The molecule has 1 atom stereocenters. The van der Waals surface area contributed by atoms with E-state index in [4.69, 9.17) is 0 Å². The van der Waals surface area contributed by atoms with Crippen molar-refractivity contribution in [3.05, 3.63) is 24.3 Å². The van der Waals surface area contributed by atoms with Gasteiger partial charge in [-0.2, -0.15) is 8.78 Å². The lowest BCUT2D eigenvalue weighted by molar-refractivity contribution is -0.862. The molecule has 5 nitrogen and oxygen atoms in total. The first-order chi connectivity index (χ1) is 11.3. The number of thioether (sulfide) groups is 1. The summed E-state index contributed by atoms with van der Waals surface area (Å²) < 4.78 is 24.5. The molecule has 0 aromatic heterocycles. The number of amides is 2. The van der Waals surface area contributed by atoms with Crippen LogP contribution >= 0.6 is 11.8 Å². The molecular weight excluding hydrogens is 336 g/mol. The molecule has 1 aromatic rings. The van der Waals surface area contributed by atoms with Gasteiger partial charge in [0.05, 0.1) is 7.05 Å². The van der Waals surface area contributed by atoms with Gasteiger partial charge in [0.2, 0.25) is 0 Å². The van der Waals surface area contributed by atoms with E-state index in [1.807, 2.05) is 13.8 Å². The Balaban J connectivity index is 2.46. The van der Waals surface area contributed by atoms with Crippen LogP contribution in [0.1, 0.15) is 13.8 Å². The molecule has 1 aromatic carbocycles. The van der Waals surface area contributed by atoms with Crippen LogP contribution in [0.25, 0.3) is 0 Å². The topological polar surface area (TPSA) is 53.9 Å². The van der Waals surface area contributed by atoms with Crippen molar-refractivity contribution >= 4 is 29.3 Å². The first-order valence-corrected chi connectivity index (χ1v) is 8.67. The van der Waals surface area contributed by atoms with Crippen LogP contribution in [-0.2, 0) is 9.59 Å². The van der Waals surface area contributed by atoms with E-state index in [-0.39, 0.29) is 24.9 Å². The molecule has 0 saturated heterocycles. The van der Waals surface area contributed by atoms with Crippen molar-refractivity contribution in [1.82, 2.24) is 4.90 Å². The fourth-order valence-corrected chi connectivity index (χ4v) is 2.71. The lowest BCUT2D eigenvalue weighted by Gasteiger charge is -2.20. The molecule has 0 heterocycles. The van der Waals surface area contributed by atoms with Crippen molar-refractivity contribution in [1.29, 1.82) is 0 Å². The Morgan fingerprint density at radius 3 is 2.25 bits per heavy atom. The number of benzene rings is 1. The second kappa shape index (κ2) is 10.2. The number of carbonyl (C=O) groups is 2. The molecular formula is C16H24F2N3O2S+. The minimum Gasteiger partial charge on any atom is -0.338 e. The van der Waals surface area contributed by atoms with Gasteiger partial charge in [-0.15, -0.1) is 0 Å². The lowest BCUT2D eigenvalue weighted by atomic mass is 10.3. The van der Waals surface area contributed by atoms with Gasteiger partial charge in [-0.3, -0.25) is 9.59 Å². The molecule has 2 N–H and O–H groups in total. The number of hydrogen-bond donors (Lipinski definition) is 2. The highest BCUT2D eigenvalue weighted by atomic mass is 32.2. The van der Waals surface area contributed by atoms with Crippen LogP contribution in [0.15, 0.2) is 29.2 Å². The number of alkyl halides is 2. The first kappa shape index (κ1) is 20.4. The number of carbonyl (C=O) groups excluding carboxylic acids is 2. The fourth-order valence-electron chi connectivity index (χ4n) is 2.21. The molecule has 0 fully saturated rings. The Kier molecular flexibility index (Phi) is 8.70. The molecule has 134 valence electrons. The van der Waals surface area contributed by atoms with Crippen molar-refractivity contribution in [3.63, 3.8) is 0 Å². The summed E-state index contributed by atoms with van der Waals surface area (Å²) in [6.45, 7) is 5.54. The second-order valence-corrected chi connectivity index (χ2v) is 6.39. The second-order valence-electron chi connectivity index (χ2n) is 5.33. The van der Waals surface area contributed by atoms with Gasteiger partial charge in [0.15, 0.2) is 13.1 Å². The van der Waals surface area contributed by atoms with Crippen molar-refractivity contribution in [2.75, 3.05) is 38.5 Å². The summed E-state index contributed by atoms with van der Waals surface area (Å²) in [7, 11) is 1.78. The maximum absolute atomic E-state index is 12.2. The smallest absolute Gasteiger partial charge is 0.288 e. The van der Waals surface area contributed by atoms with Crippen LogP contribution in [0.3, 0.4) is 0 Å². The molecule has 24 heavy (non-hydrogen) atoms. The van der Waals surface area contributed by atoms with E-state index in [1.165, 1.54) is 12.1 Å². The van der Waals surface area contributed by atoms with E-state index in [9.17, 15) is 18.4 Å². The lowest BCUT2D eigenvalue weighted by Crippen LogP contribution is -3.11. The van der Waals surface area contributed by atoms with E-state index in [1.54, 1.807) is 24.1 Å². The van der Waals surface area contributed by atoms with Gasteiger partial charge in [-0.05, 0) is 38.1 Å². The van der Waals surface area contributed by atoms with Crippen LogP contribution in [0, 0.1) is 0 Å². The van der Waals surface area contributed by atoms with Gasteiger partial charge in [0, 0.05) is 23.7 Å². The van der Waals surface area contributed by atoms with E-state index in [0.717, 1.165) is 4.90 Å². The Bertz CT molecular complexity index is 537. The molecule has 0 aliphatic rings. The van der Waals surface area contributed by atoms with Gasteiger partial charge in [-0.1, -0.05) is 11.8 Å². The third-order valence-corrected chi connectivity index (χ3v) is 4.12. The van der Waals surface area contributed by atoms with E-state index >= 15 is 0 Å². The van der Waals surface area contributed by atoms with Gasteiger partial charge in [-0.25, -0.2) is 0 Å². The number of halogens is 2. The molecule has 0 spiro atoms. The Morgan fingerprint density at radius 2 is 1.75 bits per heavy atom. The monoisotopic (exact) mass is 360 g/mol. The van der Waals surface area contributed by atoms with Crippen molar-refractivity contribution < 1.29 is 23.3 Å². The summed E-state index contributed by atoms with van der Waals surface area (Å²) in [5.41, 5.74) is 0.543. The zero-order valence-corrected chi connectivity index (χ0v) is 15.0. The average molecular weight is 360 g/mol. The Morgan fingerprint density at radius 1 is 1.17 bits per heavy atom. The highest BCUT2D eigenvalue weighted by Gasteiger charge is 2.17. The number of nitrogens with one attached hydrogen (secondary N) is 2. The van der Waals surface area contributed by atoms with Crippen LogP contribution in [0.5, 0.6) is 0 Å². The molecule has 0 bridgehead atoms. The largest absolute Gasteiger partial charge is 0.338 e. The molecule has 1 unspecified atom stereocenters. The Hall–Kier alpha value is -1.67. The number of rotatable bonds is 9. The number of nitrogens with zero attached hydrogens (tertiary/aromatic N) is 1. The zero-order chi connectivity index (χ0) is 18.1. The molecule has 0 radical (unpaired) electrons. The maximum Gasteiger partial charge on any atom is 0.288 e. The number of likely N-dealkylation sites (N-methyl/N-ethyl adjacent to an activating group) is 2.